The van der Waals surface area contributed by atoms with Crippen LogP contribution in [0.25, 0.3) is 6.08 Å². The van der Waals surface area contributed by atoms with E-state index in [0.717, 1.165) is 17.3 Å². The van der Waals surface area contributed by atoms with Crippen molar-refractivity contribution < 1.29 is 14.3 Å². The summed E-state index contributed by atoms with van der Waals surface area (Å²) in [5, 5.41) is 3.30. The Hall–Kier alpha value is -1.37. The molecule has 9 heteroatoms. The molecule has 0 aliphatic carbocycles. The molecule has 1 N–H and O–H groups in total. The van der Waals surface area contributed by atoms with E-state index in [1.54, 1.807) is 30.3 Å². The molecule has 0 atom stereocenters. The zero-order chi connectivity index (χ0) is 18.8. The quantitative estimate of drug-likeness (QED) is 0.565. The summed E-state index contributed by atoms with van der Waals surface area (Å²) in [7, 11) is 0. The number of halogens is 4. The van der Waals surface area contributed by atoms with Crippen molar-refractivity contribution in [2.45, 2.75) is 6.61 Å². The van der Waals surface area contributed by atoms with Crippen LogP contribution in [0, 0.1) is 0 Å². The van der Waals surface area contributed by atoms with Gasteiger partial charge < -0.3 is 4.74 Å². The van der Waals surface area contributed by atoms with Crippen LogP contribution in [0.1, 0.15) is 11.1 Å². The van der Waals surface area contributed by atoms with Crippen LogP contribution in [0.5, 0.6) is 5.75 Å². The fourth-order valence-corrected chi connectivity index (χ4v) is 3.92. The Morgan fingerprint density at radius 2 is 1.69 bits per heavy atom. The van der Waals surface area contributed by atoms with E-state index in [-0.39, 0.29) is 21.6 Å². The first kappa shape index (κ1) is 19.4. The maximum Gasteiger partial charge on any atom is 0.290 e. The van der Waals surface area contributed by atoms with E-state index in [1.165, 1.54) is 6.08 Å². The van der Waals surface area contributed by atoms with Crippen LogP contribution in [0.2, 0.25) is 20.1 Å². The summed E-state index contributed by atoms with van der Waals surface area (Å²) in [4.78, 5) is 23.1. The van der Waals surface area contributed by atoms with Gasteiger partial charge in [0.25, 0.3) is 11.1 Å². The number of hydrogen-bond donors (Lipinski definition) is 1. The number of ether oxygens (including phenoxy) is 1. The Labute approximate surface area is 173 Å². The van der Waals surface area contributed by atoms with Crippen LogP contribution in [0.4, 0.5) is 4.79 Å². The molecular formula is C17H9Cl4NO3S. The van der Waals surface area contributed by atoms with Crippen molar-refractivity contribution in [3.8, 4) is 5.75 Å². The largest absolute Gasteiger partial charge is 0.486 e. The molecule has 1 aliphatic heterocycles. The third kappa shape index (κ3) is 4.48. The summed E-state index contributed by atoms with van der Waals surface area (Å²) in [5.74, 6) is -0.161. The van der Waals surface area contributed by atoms with Gasteiger partial charge in [0.1, 0.15) is 6.61 Å². The zero-order valence-electron chi connectivity index (χ0n) is 12.8. The molecule has 0 saturated carbocycles. The second kappa shape index (κ2) is 8.11. The number of imide groups is 1. The summed E-state index contributed by atoms with van der Waals surface area (Å²) in [6.45, 7) is 0.155. The molecule has 1 saturated heterocycles. The molecule has 0 bridgehead atoms. The molecule has 2 amide bonds. The van der Waals surface area contributed by atoms with Crippen molar-refractivity contribution in [3.05, 3.63) is 66.5 Å². The first-order chi connectivity index (χ1) is 12.3. The van der Waals surface area contributed by atoms with Crippen LogP contribution in [0.3, 0.4) is 0 Å². The van der Waals surface area contributed by atoms with Crippen LogP contribution >= 0.6 is 58.2 Å². The van der Waals surface area contributed by atoms with Crippen LogP contribution in [-0.4, -0.2) is 11.1 Å². The number of hydrogen-bond acceptors (Lipinski definition) is 4. The number of nitrogens with one attached hydrogen (secondary N) is 1. The van der Waals surface area contributed by atoms with E-state index in [4.69, 9.17) is 51.1 Å². The van der Waals surface area contributed by atoms with Crippen LogP contribution in [-0.2, 0) is 11.4 Å². The summed E-state index contributed by atoms with van der Waals surface area (Å²) in [6, 6.07) is 8.26. The Morgan fingerprint density at radius 1 is 1.00 bits per heavy atom. The fraction of sp³-hybridized carbons (Fsp3) is 0.0588. The van der Waals surface area contributed by atoms with Gasteiger partial charge in [0, 0.05) is 15.6 Å². The maximum atomic E-state index is 11.6. The van der Waals surface area contributed by atoms with Crippen molar-refractivity contribution in [1.29, 1.82) is 0 Å². The topological polar surface area (TPSA) is 55.4 Å². The minimum atomic E-state index is -0.454. The van der Waals surface area contributed by atoms with E-state index in [2.05, 4.69) is 5.32 Å². The smallest absolute Gasteiger partial charge is 0.290 e. The highest BCUT2D eigenvalue weighted by Gasteiger charge is 2.25. The Balaban J connectivity index is 1.80. The molecular weight excluding hydrogens is 440 g/mol. The van der Waals surface area contributed by atoms with Gasteiger partial charge in [0.15, 0.2) is 5.75 Å². The lowest BCUT2D eigenvalue weighted by Gasteiger charge is -2.12. The summed E-state index contributed by atoms with van der Waals surface area (Å²) in [6.07, 6.45) is 1.53. The number of rotatable bonds is 4. The molecule has 1 aliphatic rings. The minimum absolute atomic E-state index is 0.155. The molecule has 0 spiro atoms. The van der Waals surface area contributed by atoms with Gasteiger partial charge in [-0.15, -0.1) is 0 Å². The fourth-order valence-electron chi connectivity index (χ4n) is 2.16. The summed E-state index contributed by atoms with van der Waals surface area (Å²) < 4.78 is 5.69. The molecule has 2 aromatic carbocycles. The molecule has 3 rings (SSSR count). The molecule has 1 fully saturated rings. The highest BCUT2D eigenvalue weighted by atomic mass is 35.5. The van der Waals surface area contributed by atoms with Gasteiger partial charge in [-0.3, -0.25) is 14.9 Å². The van der Waals surface area contributed by atoms with E-state index in [0.29, 0.717) is 21.4 Å². The SMILES string of the molecule is O=C1NC(=O)/C(=C/c2cc(Cl)c(OCc3ccc(Cl)cc3Cl)c(Cl)c2)S1. The summed E-state index contributed by atoms with van der Waals surface area (Å²) in [5.41, 5.74) is 1.30. The highest BCUT2D eigenvalue weighted by Crippen LogP contribution is 2.37. The van der Waals surface area contributed by atoms with E-state index in [9.17, 15) is 9.59 Å². The second-order valence-electron chi connectivity index (χ2n) is 5.19. The number of carbonyl (C=O) groups excluding carboxylic acids is 2. The zero-order valence-corrected chi connectivity index (χ0v) is 16.7. The van der Waals surface area contributed by atoms with E-state index >= 15 is 0 Å². The van der Waals surface area contributed by atoms with Crippen molar-refractivity contribution in [2.24, 2.45) is 0 Å². The van der Waals surface area contributed by atoms with E-state index < -0.39 is 11.1 Å². The predicted molar refractivity (Wildman–Crippen MR) is 106 cm³/mol. The Bertz CT molecular complexity index is 923. The van der Waals surface area contributed by atoms with Crippen molar-refractivity contribution in [1.82, 2.24) is 5.32 Å². The van der Waals surface area contributed by atoms with Gasteiger partial charge in [-0.2, -0.15) is 0 Å². The first-order valence-corrected chi connectivity index (χ1v) is 9.47. The Morgan fingerprint density at radius 3 is 2.27 bits per heavy atom. The third-order valence-electron chi connectivity index (χ3n) is 3.35. The molecule has 0 radical (unpaired) electrons. The summed E-state index contributed by atoms with van der Waals surface area (Å²) >= 11 is 25.3. The first-order valence-electron chi connectivity index (χ1n) is 7.14. The Kier molecular flexibility index (Phi) is 6.05. The van der Waals surface area contributed by atoms with Gasteiger partial charge >= 0.3 is 0 Å². The molecule has 26 heavy (non-hydrogen) atoms. The average Bonchev–Trinajstić information content (AvgIpc) is 2.86. The van der Waals surface area contributed by atoms with Crippen molar-refractivity contribution >= 4 is 75.4 Å². The molecule has 0 aromatic heterocycles. The maximum absolute atomic E-state index is 11.6. The second-order valence-corrected chi connectivity index (χ2v) is 7.86. The molecule has 0 unspecified atom stereocenters. The molecule has 4 nitrogen and oxygen atoms in total. The number of amides is 2. The number of carbonyl (C=O) groups is 2. The molecule has 1 heterocycles. The lowest BCUT2D eigenvalue weighted by atomic mass is 10.2. The number of thioether (sulfide) groups is 1. The predicted octanol–water partition coefficient (Wildman–Crippen LogP) is 6.20. The van der Waals surface area contributed by atoms with Crippen molar-refractivity contribution in [3.63, 3.8) is 0 Å². The van der Waals surface area contributed by atoms with Gasteiger partial charge in [-0.05, 0) is 47.7 Å². The standard InChI is InChI=1S/C17H9Cl4NO3S/c18-10-2-1-9(11(19)6-10)7-25-15-12(20)3-8(4-13(15)21)5-14-16(23)22-17(24)26-14/h1-6H,7H2,(H,22,23,24)/b14-5-. The van der Waals surface area contributed by atoms with Gasteiger partial charge in [0.2, 0.25) is 0 Å². The highest BCUT2D eigenvalue weighted by molar-refractivity contribution is 8.18. The number of benzene rings is 2. The lowest BCUT2D eigenvalue weighted by molar-refractivity contribution is -0.115. The monoisotopic (exact) mass is 447 g/mol. The normalized spacial score (nSPS) is 15.5. The van der Waals surface area contributed by atoms with Gasteiger partial charge in [0.05, 0.1) is 15.0 Å². The third-order valence-corrected chi connectivity index (χ3v) is 5.31. The van der Waals surface area contributed by atoms with Gasteiger partial charge in [-0.25, -0.2) is 0 Å². The molecule has 134 valence electrons. The van der Waals surface area contributed by atoms with E-state index in [1.807, 2.05) is 0 Å². The minimum Gasteiger partial charge on any atom is -0.486 e. The van der Waals surface area contributed by atoms with Crippen molar-refractivity contribution in [2.75, 3.05) is 0 Å². The molecule has 2 aromatic rings. The van der Waals surface area contributed by atoms with Gasteiger partial charge in [-0.1, -0.05) is 52.5 Å². The lowest BCUT2D eigenvalue weighted by Crippen LogP contribution is -2.17. The average molecular weight is 449 g/mol. The van der Waals surface area contributed by atoms with Crippen LogP contribution < -0.4 is 10.1 Å². The van der Waals surface area contributed by atoms with Crippen LogP contribution in [0.15, 0.2) is 35.2 Å².